The lowest BCUT2D eigenvalue weighted by Gasteiger charge is -2.25. The molecule has 6 heteroatoms. The first-order valence-corrected chi connectivity index (χ1v) is 12.4. The molecule has 0 fully saturated rings. The van der Waals surface area contributed by atoms with Crippen molar-refractivity contribution in [2.24, 2.45) is 5.73 Å². The van der Waals surface area contributed by atoms with Gasteiger partial charge in [0, 0.05) is 17.0 Å². The van der Waals surface area contributed by atoms with Crippen molar-refractivity contribution < 1.29 is 14.7 Å². The van der Waals surface area contributed by atoms with Crippen LogP contribution in [0.15, 0.2) is 59.5 Å². The molecule has 2 rings (SSSR count). The van der Waals surface area contributed by atoms with Gasteiger partial charge in [0.25, 0.3) is 0 Å². The predicted octanol–water partition coefficient (Wildman–Crippen LogP) is 6.12. The molecule has 0 saturated heterocycles. The first kappa shape index (κ1) is 25.9. The average molecular weight is 457 g/mol. The van der Waals surface area contributed by atoms with Crippen molar-refractivity contribution in [1.29, 1.82) is 0 Å². The number of benzene rings is 2. The summed E-state index contributed by atoms with van der Waals surface area (Å²) < 4.78 is 0. The lowest BCUT2D eigenvalue weighted by molar-refractivity contribution is -0.144. The molecule has 0 aliphatic heterocycles. The number of nitrogen functional groups attached to an aromatic ring is 1. The fourth-order valence-corrected chi connectivity index (χ4v) is 4.59. The maximum atomic E-state index is 12.1. The van der Waals surface area contributed by atoms with Gasteiger partial charge in [-0.1, -0.05) is 93.8 Å². The standard InChI is InChI=1S/C26H36N2O3S/c27-22-17-12-13-18-23(22)32-24(29)19-11-6-4-2-1-3-5-7-14-20-26(28,25(30)31)21-15-9-8-10-16-21/h8-10,12-13,15-18H,1-7,11,14,19-20,27-28H2,(H,30,31). The fourth-order valence-electron chi connectivity index (χ4n) is 3.77. The molecule has 0 amide bonds. The van der Waals surface area contributed by atoms with Crippen molar-refractivity contribution in [2.75, 3.05) is 5.73 Å². The van der Waals surface area contributed by atoms with E-state index < -0.39 is 11.5 Å². The molecule has 0 spiro atoms. The van der Waals surface area contributed by atoms with E-state index in [0.29, 0.717) is 24.1 Å². The predicted molar refractivity (Wildman–Crippen MR) is 132 cm³/mol. The molecule has 174 valence electrons. The summed E-state index contributed by atoms with van der Waals surface area (Å²) in [7, 11) is 0. The number of para-hydroxylation sites is 1. The second-order valence-electron chi connectivity index (χ2n) is 8.34. The molecular weight excluding hydrogens is 420 g/mol. The van der Waals surface area contributed by atoms with Crippen LogP contribution in [0, 0.1) is 0 Å². The van der Waals surface area contributed by atoms with Gasteiger partial charge in [0.2, 0.25) is 0 Å². The Hall–Kier alpha value is -2.31. The number of anilines is 1. The quantitative estimate of drug-likeness (QED) is 0.169. The number of hydrogen-bond acceptors (Lipinski definition) is 5. The van der Waals surface area contributed by atoms with E-state index in [1.165, 1.54) is 24.6 Å². The number of thioether (sulfide) groups is 1. The molecule has 2 aromatic carbocycles. The number of hydrogen-bond donors (Lipinski definition) is 3. The van der Waals surface area contributed by atoms with E-state index in [0.717, 1.165) is 49.8 Å². The number of carboxylic acid groups (broad SMARTS) is 1. The maximum Gasteiger partial charge on any atom is 0.328 e. The molecule has 0 bridgehead atoms. The fraction of sp³-hybridized carbons (Fsp3) is 0.462. The average Bonchev–Trinajstić information content (AvgIpc) is 2.79. The van der Waals surface area contributed by atoms with Crippen LogP contribution in [-0.2, 0) is 15.1 Å². The second kappa shape index (κ2) is 14.0. The number of rotatable bonds is 15. The lowest BCUT2D eigenvalue weighted by Crippen LogP contribution is -2.44. The maximum absolute atomic E-state index is 12.1. The van der Waals surface area contributed by atoms with Crippen molar-refractivity contribution in [3.05, 3.63) is 60.2 Å². The molecular formula is C26H36N2O3S. The highest BCUT2D eigenvalue weighted by atomic mass is 32.2. The lowest BCUT2D eigenvalue weighted by atomic mass is 9.85. The topological polar surface area (TPSA) is 106 Å². The monoisotopic (exact) mass is 456 g/mol. The Morgan fingerprint density at radius 2 is 1.31 bits per heavy atom. The van der Waals surface area contributed by atoms with E-state index in [1.54, 1.807) is 12.1 Å². The Bertz CT molecular complexity index is 844. The first-order valence-electron chi connectivity index (χ1n) is 11.6. The molecule has 1 atom stereocenters. The number of unbranched alkanes of at least 4 members (excludes halogenated alkanes) is 8. The molecule has 0 radical (unpaired) electrons. The van der Waals surface area contributed by atoms with Crippen molar-refractivity contribution in [1.82, 2.24) is 0 Å². The summed E-state index contributed by atoms with van der Waals surface area (Å²) in [4.78, 5) is 24.6. The Labute approximate surface area is 196 Å². The minimum atomic E-state index is -1.30. The van der Waals surface area contributed by atoms with Gasteiger partial charge in [-0.3, -0.25) is 4.79 Å². The molecule has 5 nitrogen and oxygen atoms in total. The normalized spacial score (nSPS) is 12.9. The molecule has 0 saturated carbocycles. The minimum Gasteiger partial charge on any atom is -0.480 e. The van der Waals surface area contributed by atoms with Gasteiger partial charge < -0.3 is 16.6 Å². The molecule has 2 aromatic rings. The third-order valence-electron chi connectivity index (χ3n) is 5.77. The summed E-state index contributed by atoms with van der Waals surface area (Å²) in [6.45, 7) is 0. The van der Waals surface area contributed by atoms with Crippen molar-refractivity contribution >= 4 is 28.5 Å². The van der Waals surface area contributed by atoms with E-state index in [-0.39, 0.29) is 5.12 Å². The number of carbonyl (C=O) groups is 2. The highest BCUT2D eigenvalue weighted by Crippen LogP contribution is 2.27. The van der Waals surface area contributed by atoms with Gasteiger partial charge in [-0.05, 0) is 42.3 Å². The Morgan fingerprint density at radius 3 is 1.91 bits per heavy atom. The summed E-state index contributed by atoms with van der Waals surface area (Å²) in [5.74, 6) is -0.965. The van der Waals surface area contributed by atoms with Gasteiger partial charge in [-0.25, -0.2) is 4.79 Å². The SMILES string of the molecule is Nc1ccccc1SC(=O)CCCCCCCCCCCC(N)(C(=O)O)c1ccccc1. The van der Waals surface area contributed by atoms with Crippen LogP contribution in [0.5, 0.6) is 0 Å². The van der Waals surface area contributed by atoms with Crippen LogP contribution in [-0.4, -0.2) is 16.2 Å². The Balaban J connectivity index is 1.49. The molecule has 0 aliphatic rings. The van der Waals surface area contributed by atoms with E-state index in [2.05, 4.69) is 0 Å². The summed E-state index contributed by atoms with van der Waals surface area (Å²) in [6.07, 6.45) is 10.6. The summed E-state index contributed by atoms with van der Waals surface area (Å²) in [5.41, 5.74) is 12.1. The number of carboxylic acids is 1. The molecule has 0 aliphatic carbocycles. The zero-order valence-corrected chi connectivity index (χ0v) is 19.6. The van der Waals surface area contributed by atoms with Crippen LogP contribution in [0.2, 0.25) is 0 Å². The van der Waals surface area contributed by atoms with Gasteiger partial charge in [0.1, 0.15) is 5.54 Å². The van der Waals surface area contributed by atoms with Gasteiger partial charge in [-0.15, -0.1) is 0 Å². The smallest absolute Gasteiger partial charge is 0.328 e. The van der Waals surface area contributed by atoms with Gasteiger partial charge in [0.15, 0.2) is 5.12 Å². The Morgan fingerprint density at radius 1 is 0.781 bits per heavy atom. The summed E-state index contributed by atoms with van der Waals surface area (Å²) >= 11 is 1.24. The summed E-state index contributed by atoms with van der Waals surface area (Å²) in [5, 5.41) is 9.77. The van der Waals surface area contributed by atoms with Crippen LogP contribution in [0.25, 0.3) is 0 Å². The largest absolute Gasteiger partial charge is 0.480 e. The minimum absolute atomic E-state index is 0.177. The van der Waals surface area contributed by atoms with E-state index in [4.69, 9.17) is 11.5 Å². The first-order chi connectivity index (χ1) is 15.4. The molecule has 0 heterocycles. The highest BCUT2D eigenvalue weighted by molar-refractivity contribution is 8.13. The van der Waals surface area contributed by atoms with Crippen molar-refractivity contribution in [2.45, 2.75) is 81.1 Å². The highest BCUT2D eigenvalue weighted by Gasteiger charge is 2.35. The van der Waals surface area contributed by atoms with Crippen LogP contribution < -0.4 is 11.5 Å². The molecule has 0 aromatic heterocycles. The number of carbonyl (C=O) groups excluding carboxylic acids is 1. The van der Waals surface area contributed by atoms with Gasteiger partial charge in [0.05, 0.1) is 0 Å². The third-order valence-corrected chi connectivity index (χ3v) is 6.79. The van der Waals surface area contributed by atoms with Gasteiger partial charge in [-0.2, -0.15) is 0 Å². The molecule has 5 N–H and O–H groups in total. The third kappa shape index (κ3) is 8.67. The van der Waals surface area contributed by atoms with E-state index in [9.17, 15) is 14.7 Å². The van der Waals surface area contributed by atoms with Gasteiger partial charge >= 0.3 is 5.97 Å². The van der Waals surface area contributed by atoms with Crippen LogP contribution >= 0.6 is 11.8 Å². The van der Waals surface area contributed by atoms with E-state index >= 15 is 0 Å². The van der Waals surface area contributed by atoms with Crippen LogP contribution in [0.4, 0.5) is 5.69 Å². The van der Waals surface area contributed by atoms with E-state index in [1.807, 2.05) is 42.5 Å². The number of aliphatic carboxylic acids is 1. The van der Waals surface area contributed by atoms with Crippen molar-refractivity contribution in [3.8, 4) is 0 Å². The van der Waals surface area contributed by atoms with Crippen LogP contribution in [0.1, 0.15) is 76.2 Å². The molecule has 1 unspecified atom stereocenters. The summed E-state index contributed by atoms with van der Waals surface area (Å²) in [6, 6.07) is 16.6. The zero-order chi connectivity index (χ0) is 23.2. The number of nitrogens with two attached hydrogens (primary N) is 2. The van der Waals surface area contributed by atoms with Crippen molar-refractivity contribution in [3.63, 3.8) is 0 Å². The zero-order valence-electron chi connectivity index (χ0n) is 18.8. The van der Waals surface area contributed by atoms with Crippen LogP contribution in [0.3, 0.4) is 0 Å². The molecule has 32 heavy (non-hydrogen) atoms. The Kier molecular flexibility index (Phi) is 11.3. The second-order valence-corrected chi connectivity index (χ2v) is 9.44.